The van der Waals surface area contributed by atoms with Gasteiger partial charge in [0, 0.05) is 12.1 Å². The van der Waals surface area contributed by atoms with Crippen LogP contribution < -0.4 is 11.1 Å². The number of rotatable bonds is 4. The molecule has 0 aromatic heterocycles. The van der Waals surface area contributed by atoms with Crippen molar-refractivity contribution in [1.82, 2.24) is 0 Å². The van der Waals surface area contributed by atoms with Crippen LogP contribution in [0.5, 0.6) is 0 Å². The van der Waals surface area contributed by atoms with Crippen LogP contribution in [0.4, 0.5) is 10.1 Å². The molecule has 0 atom stereocenters. The van der Waals surface area contributed by atoms with Crippen molar-refractivity contribution < 1.29 is 9.60 Å². The van der Waals surface area contributed by atoms with Crippen LogP contribution in [-0.4, -0.2) is 11.0 Å². The fraction of sp³-hybridized carbons (Fsp3) is 0.0714. The summed E-state index contributed by atoms with van der Waals surface area (Å²) in [6, 6.07) is 10.1. The number of hydrogen-bond acceptors (Lipinski definition) is 3. The maximum Gasteiger partial charge on any atom is 0.173 e. The highest BCUT2D eigenvalue weighted by Crippen LogP contribution is 2.30. The standard InChI is InChI=1S/C14H12BrClFN3O/c15-12-10(16)5-2-6-11(12)19-7-8-3-1-4-9(13(8)17)14(18)20-21/h1-6,19,21H,7H2,(H2,18,20). The van der Waals surface area contributed by atoms with Gasteiger partial charge >= 0.3 is 0 Å². The summed E-state index contributed by atoms with van der Waals surface area (Å²) in [5.41, 5.74) is 6.63. The number of hydrogen-bond donors (Lipinski definition) is 3. The molecule has 0 aliphatic heterocycles. The molecule has 0 unspecified atom stereocenters. The Morgan fingerprint density at radius 1 is 1.33 bits per heavy atom. The Bertz CT molecular complexity index is 694. The lowest BCUT2D eigenvalue weighted by Crippen LogP contribution is -2.16. The first-order valence-electron chi connectivity index (χ1n) is 5.97. The largest absolute Gasteiger partial charge is 0.409 e. The van der Waals surface area contributed by atoms with Gasteiger partial charge in [-0.05, 0) is 34.1 Å². The highest BCUT2D eigenvalue weighted by molar-refractivity contribution is 9.10. The maximum atomic E-state index is 14.2. The van der Waals surface area contributed by atoms with Crippen LogP contribution in [0.3, 0.4) is 0 Å². The molecule has 4 N–H and O–H groups in total. The molecule has 0 heterocycles. The van der Waals surface area contributed by atoms with E-state index in [1.807, 2.05) is 6.07 Å². The molecule has 0 aliphatic carbocycles. The fourth-order valence-corrected chi connectivity index (χ4v) is 2.38. The number of benzene rings is 2. The lowest BCUT2D eigenvalue weighted by Gasteiger charge is -2.11. The van der Waals surface area contributed by atoms with Crippen molar-refractivity contribution in [3.8, 4) is 0 Å². The van der Waals surface area contributed by atoms with Crippen molar-refractivity contribution in [1.29, 1.82) is 0 Å². The predicted octanol–water partition coefficient (Wildman–Crippen LogP) is 3.95. The van der Waals surface area contributed by atoms with E-state index in [9.17, 15) is 4.39 Å². The van der Waals surface area contributed by atoms with Gasteiger partial charge in [-0.25, -0.2) is 4.39 Å². The van der Waals surface area contributed by atoms with Crippen molar-refractivity contribution in [3.05, 3.63) is 62.8 Å². The molecule has 2 aromatic carbocycles. The molecule has 0 fully saturated rings. The second kappa shape index (κ2) is 6.78. The Kier molecular flexibility index (Phi) is 5.03. The first-order valence-corrected chi connectivity index (χ1v) is 7.15. The van der Waals surface area contributed by atoms with Crippen LogP contribution in [0.1, 0.15) is 11.1 Å². The van der Waals surface area contributed by atoms with Crippen LogP contribution in [-0.2, 0) is 6.54 Å². The third kappa shape index (κ3) is 3.46. The van der Waals surface area contributed by atoms with Gasteiger partial charge in [0.05, 0.1) is 20.7 Å². The number of halogens is 3. The van der Waals surface area contributed by atoms with Gasteiger partial charge in [0.1, 0.15) is 5.82 Å². The van der Waals surface area contributed by atoms with E-state index in [-0.39, 0.29) is 17.9 Å². The van der Waals surface area contributed by atoms with E-state index in [1.54, 1.807) is 24.3 Å². The van der Waals surface area contributed by atoms with E-state index in [0.29, 0.717) is 15.1 Å². The summed E-state index contributed by atoms with van der Waals surface area (Å²) in [5, 5.41) is 15.1. The summed E-state index contributed by atoms with van der Waals surface area (Å²) in [7, 11) is 0. The summed E-state index contributed by atoms with van der Waals surface area (Å²) < 4.78 is 15.0. The monoisotopic (exact) mass is 371 g/mol. The van der Waals surface area contributed by atoms with Gasteiger partial charge in [0.2, 0.25) is 0 Å². The molecule has 0 amide bonds. The van der Waals surface area contributed by atoms with Crippen molar-refractivity contribution in [2.24, 2.45) is 10.9 Å². The van der Waals surface area contributed by atoms with Gasteiger partial charge in [-0.2, -0.15) is 0 Å². The fourth-order valence-electron chi connectivity index (χ4n) is 1.80. The molecule has 0 aliphatic rings. The first kappa shape index (κ1) is 15.6. The summed E-state index contributed by atoms with van der Waals surface area (Å²) in [4.78, 5) is 0. The molecule has 0 bridgehead atoms. The lowest BCUT2D eigenvalue weighted by atomic mass is 10.1. The number of nitrogens with two attached hydrogens (primary N) is 1. The molecule has 0 saturated heterocycles. The Hall–Kier alpha value is -1.79. The Morgan fingerprint density at radius 2 is 2.05 bits per heavy atom. The smallest absolute Gasteiger partial charge is 0.173 e. The van der Waals surface area contributed by atoms with Gasteiger partial charge in [0.25, 0.3) is 0 Å². The molecule has 0 radical (unpaired) electrons. The topological polar surface area (TPSA) is 70.6 Å². The summed E-state index contributed by atoms with van der Waals surface area (Å²) in [5.74, 6) is -0.795. The minimum atomic E-state index is -0.529. The zero-order valence-electron chi connectivity index (χ0n) is 10.8. The highest BCUT2D eigenvalue weighted by atomic mass is 79.9. The van der Waals surface area contributed by atoms with E-state index in [4.69, 9.17) is 22.5 Å². The van der Waals surface area contributed by atoms with Gasteiger partial charge in [-0.15, -0.1) is 0 Å². The number of amidine groups is 1. The molecule has 2 rings (SSSR count). The van der Waals surface area contributed by atoms with Crippen LogP contribution in [0.15, 0.2) is 46.0 Å². The second-order valence-corrected chi connectivity index (χ2v) is 5.42. The Balaban J connectivity index is 2.23. The molecule has 110 valence electrons. The van der Waals surface area contributed by atoms with Crippen LogP contribution in [0.2, 0.25) is 5.02 Å². The quantitative estimate of drug-likeness (QED) is 0.329. The number of oxime groups is 1. The molecule has 4 nitrogen and oxygen atoms in total. The van der Waals surface area contributed by atoms with E-state index in [0.717, 1.165) is 5.69 Å². The van der Waals surface area contributed by atoms with Crippen LogP contribution in [0, 0.1) is 5.82 Å². The summed E-state index contributed by atoms with van der Waals surface area (Å²) >= 11 is 9.35. The van der Waals surface area contributed by atoms with Crippen molar-refractivity contribution in [2.45, 2.75) is 6.54 Å². The van der Waals surface area contributed by atoms with E-state index in [1.165, 1.54) is 6.07 Å². The zero-order valence-corrected chi connectivity index (χ0v) is 13.1. The Labute approximate surface area is 134 Å². The summed E-state index contributed by atoms with van der Waals surface area (Å²) in [6.07, 6.45) is 0. The van der Waals surface area contributed by atoms with Crippen molar-refractivity contribution >= 4 is 39.1 Å². The normalized spacial score (nSPS) is 11.5. The third-order valence-electron chi connectivity index (χ3n) is 2.88. The van der Waals surface area contributed by atoms with Crippen molar-refractivity contribution in [2.75, 3.05) is 5.32 Å². The van der Waals surface area contributed by atoms with Gasteiger partial charge in [-0.1, -0.05) is 35.0 Å². The van der Waals surface area contributed by atoms with Gasteiger partial charge < -0.3 is 16.3 Å². The van der Waals surface area contributed by atoms with Crippen LogP contribution >= 0.6 is 27.5 Å². The summed E-state index contributed by atoms with van der Waals surface area (Å²) in [6.45, 7) is 0.233. The van der Waals surface area contributed by atoms with Crippen LogP contribution in [0.25, 0.3) is 0 Å². The zero-order chi connectivity index (χ0) is 15.4. The molecule has 21 heavy (non-hydrogen) atoms. The van der Waals surface area contributed by atoms with E-state index in [2.05, 4.69) is 26.4 Å². The minimum absolute atomic E-state index is 0.0574. The van der Waals surface area contributed by atoms with E-state index < -0.39 is 5.82 Å². The SMILES string of the molecule is N/C(=N/O)c1cccc(CNc2cccc(Cl)c2Br)c1F. The average Bonchev–Trinajstić information content (AvgIpc) is 2.49. The maximum absolute atomic E-state index is 14.2. The minimum Gasteiger partial charge on any atom is -0.409 e. The highest BCUT2D eigenvalue weighted by Gasteiger charge is 2.12. The number of nitrogens with zero attached hydrogens (tertiary/aromatic N) is 1. The molecule has 2 aromatic rings. The average molecular weight is 373 g/mol. The third-order valence-corrected chi connectivity index (χ3v) is 4.28. The molecular formula is C14H12BrClFN3O. The number of anilines is 1. The molecular weight excluding hydrogens is 361 g/mol. The van der Waals surface area contributed by atoms with Gasteiger partial charge in [0.15, 0.2) is 5.84 Å². The van der Waals surface area contributed by atoms with E-state index >= 15 is 0 Å². The predicted molar refractivity (Wildman–Crippen MR) is 85.4 cm³/mol. The van der Waals surface area contributed by atoms with Gasteiger partial charge in [-0.3, -0.25) is 0 Å². The lowest BCUT2D eigenvalue weighted by molar-refractivity contribution is 0.318. The van der Waals surface area contributed by atoms with Crippen molar-refractivity contribution in [3.63, 3.8) is 0 Å². The first-order chi connectivity index (χ1) is 10.0. The molecule has 7 heteroatoms. The molecule has 0 spiro atoms. The number of nitrogens with one attached hydrogen (secondary N) is 1. The Morgan fingerprint density at radius 3 is 2.76 bits per heavy atom. The second-order valence-electron chi connectivity index (χ2n) is 4.22. The molecule has 0 saturated carbocycles.